The summed E-state index contributed by atoms with van der Waals surface area (Å²) >= 11 is 0. The second-order valence-corrected chi connectivity index (χ2v) is 8.70. The van der Waals surface area contributed by atoms with Crippen LogP contribution in [0.2, 0.25) is 0 Å². The van der Waals surface area contributed by atoms with Crippen LogP contribution in [0.3, 0.4) is 0 Å². The van der Waals surface area contributed by atoms with Gasteiger partial charge in [0.25, 0.3) is 0 Å². The highest BCUT2D eigenvalue weighted by molar-refractivity contribution is 5.94. The smallest absolute Gasteiger partial charge is 0.326 e. The Morgan fingerprint density at radius 1 is 0.842 bits per heavy atom. The van der Waals surface area contributed by atoms with Gasteiger partial charge < -0.3 is 49.0 Å². The van der Waals surface area contributed by atoms with Gasteiger partial charge in [-0.05, 0) is 38.6 Å². The van der Waals surface area contributed by atoms with Crippen molar-refractivity contribution in [3.63, 3.8) is 0 Å². The van der Waals surface area contributed by atoms with E-state index in [9.17, 15) is 33.9 Å². The summed E-state index contributed by atoms with van der Waals surface area (Å²) in [7, 11) is 0. The minimum Gasteiger partial charge on any atom is -0.480 e. The molecule has 0 saturated carbocycles. The molecule has 0 radical (unpaired) electrons. The lowest BCUT2D eigenvalue weighted by atomic mass is 10.0. The number of primary amides is 2. The van der Waals surface area contributed by atoms with E-state index in [-0.39, 0.29) is 38.5 Å². The van der Waals surface area contributed by atoms with Crippen molar-refractivity contribution in [2.45, 2.75) is 75.5 Å². The molecule has 4 unspecified atom stereocenters. The number of aliphatic carboxylic acids is 1. The number of aromatic amines is 1. The molecule has 1 aromatic rings. The number of nitrogens with two attached hydrogens (primary N) is 4. The van der Waals surface area contributed by atoms with Crippen molar-refractivity contribution >= 4 is 35.5 Å². The van der Waals surface area contributed by atoms with Crippen LogP contribution >= 0.6 is 0 Å². The van der Waals surface area contributed by atoms with Gasteiger partial charge in [0, 0.05) is 31.2 Å². The van der Waals surface area contributed by atoms with Gasteiger partial charge in [-0.15, -0.1) is 0 Å². The molecule has 38 heavy (non-hydrogen) atoms. The number of nitrogens with zero attached hydrogens (tertiary/aromatic N) is 1. The third-order valence-corrected chi connectivity index (χ3v) is 5.52. The van der Waals surface area contributed by atoms with Gasteiger partial charge >= 0.3 is 5.97 Å². The zero-order valence-corrected chi connectivity index (χ0v) is 21.0. The van der Waals surface area contributed by atoms with Gasteiger partial charge in [-0.2, -0.15) is 0 Å². The molecular formula is C22H37N9O7. The van der Waals surface area contributed by atoms with Crippen molar-refractivity contribution in [2.24, 2.45) is 22.9 Å². The van der Waals surface area contributed by atoms with Crippen molar-refractivity contribution in [1.82, 2.24) is 25.9 Å². The average Bonchev–Trinajstić information content (AvgIpc) is 3.35. The fourth-order valence-corrected chi connectivity index (χ4v) is 3.41. The molecule has 0 aliphatic heterocycles. The van der Waals surface area contributed by atoms with Crippen LogP contribution in [0, 0.1) is 0 Å². The first-order valence-corrected chi connectivity index (χ1v) is 12.1. The highest BCUT2D eigenvalue weighted by atomic mass is 16.4. The van der Waals surface area contributed by atoms with Gasteiger partial charge in [0.1, 0.15) is 18.1 Å². The molecule has 4 atom stereocenters. The molecule has 5 amide bonds. The van der Waals surface area contributed by atoms with Crippen molar-refractivity contribution in [1.29, 1.82) is 0 Å². The van der Waals surface area contributed by atoms with E-state index >= 15 is 0 Å². The zero-order chi connectivity index (χ0) is 28.7. The lowest BCUT2D eigenvalue weighted by Crippen LogP contribution is -2.57. The summed E-state index contributed by atoms with van der Waals surface area (Å²) in [5, 5.41) is 16.6. The number of hydrogen-bond acceptors (Lipinski definition) is 9. The van der Waals surface area contributed by atoms with Crippen LogP contribution in [-0.2, 0) is 35.2 Å². The molecular weight excluding hydrogens is 502 g/mol. The lowest BCUT2D eigenvalue weighted by molar-refractivity contribution is -0.142. The van der Waals surface area contributed by atoms with Gasteiger partial charge in [0.2, 0.25) is 29.5 Å². The van der Waals surface area contributed by atoms with Crippen LogP contribution in [0.5, 0.6) is 0 Å². The Bertz CT molecular complexity index is 955. The van der Waals surface area contributed by atoms with Crippen LogP contribution in [0.4, 0.5) is 0 Å². The summed E-state index contributed by atoms with van der Waals surface area (Å²) in [4.78, 5) is 79.2. The Labute approximate surface area is 219 Å². The van der Waals surface area contributed by atoms with E-state index in [0.717, 1.165) is 0 Å². The van der Waals surface area contributed by atoms with Crippen molar-refractivity contribution in [2.75, 3.05) is 6.54 Å². The largest absolute Gasteiger partial charge is 0.480 e. The molecule has 1 aromatic heterocycles. The van der Waals surface area contributed by atoms with Crippen LogP contribution in [0.1, 0.15) is 50.6 Å². The molecule has 1 rings (SSSR count). The number of carbonyl (C=O) groups is 6. The molecule has 0 spiro atoms. The number of nitrogens with one attached hydrogen (secondary N) is 4. The fraction of sp³-hybridized carbons (Fsp3) is 0.591. The van der Waals surface area contributed by atoms with Crippen molar-refractivity contribution in [3.05, 3.63) is 18.2 Å². The van der Waals surface area contributed by atoms with Gasteiger partial charge in [-0.1, -0.05) is 0 Å². The average molecular weight is 540 g/mol. The maximum absolute atomic E-state index is 13.1. The summed E-state index contributed by atoms with van der Waals surface area (Å²) in [5.74, 6) is -5.22. The molecule has 16 heteroatoms. The highest BCUT2D eigenvalue weighted by Crippen LogP contribution is 2.07. The normalized spacial score (nSPS) is 13.9. The number of amides is 5. The number of rotatable bonds is 19. The van der Waals surface area contributed by atoms with Gasteiger partial charge in [-0.3, -0.25) is 24.0 Å². The molecule has 0 aromatic carbocycles. The Morgan fingerprint density at radius 3 is 1.87 bits per heavy atom. The third kappa shape index (κ3) is 12.3. The molecule has 0 bridgehead atoms. The Hall–Kier alpha value is -4.05. The Balaban J connectivity index is 2.98. The van der Waals surface area contributed by atoms with E-state index in [1.165, 1.54) is 12.5 Å². The monoisotopic (exact) mass is 539 g/mol. The minimum atomic E-state index is -1.47. The SMILES string of the molecule is NCCCCC(NC(=O)C(N)Cc1cnc[nH]1)C(=O)NC(CCC(N)=O)C(=O)NC(CCC(N)=O)C(=O)O. The summed E-state index contributed by atoms with van der Waals surface area (Å²) in [5.41, 5.74) is 22.3. The van der Waals surface area contributed by atoms with E-state index in [1.807, 2.05) is 0 Å². The first-order valence-electron chi connectivity index (χ1n) is 12.1. The van der Waals surface area contributed by atoms with Gasteiger partial charge in [0.15, 0.2) is 0 Å². The van der Waals surface area contributed by atoms with Gasteiger partial charge in [0.05, 0.1) is 12.4 Å². The molecule has 0 aliphatic rings. The fourth-order valence-electron chi connectivity index (χ4n) is 3.41. The molecule has 1 heterocycles. The second-order valence-electron chi connectivity index (χ2n) is 8.70. The second kappa shape index (κ2) is 16.6. The van der Waals surface area contributed by atoms with E-state index in [0.29, 0.717) is 25.1 Å². The topological polar surface area (TPSA) is 292 Å². The maximum Gasteiger partial charge on any atom is 0.326 e. The standard InChI is InChI=1S/C22H37N9O7/c23-8-2-1-3-14(29-19(34)13(24)9-12-10-27-11-28-12)20(35)30-15(4-6-17(25)32)21(36)31-16(22(37)38)5-7-18(26)33/h10-11,13-16H,1-9,23-24H2,(H2,25,32)(H2,26,33)(H,27,28)(H,29,34)(H,30,35)(H,31,36)(H,37,38). The van der Waals surface area contributed by atoms with Crippen molar-refractivity contribution in [3.8, 4) is 0 Å². The van der Waals surface area contributed by atoms with E-state index in [2.05, 4.69) is 25.9 Å². The first-order chi connectivity index (χ1) is 17.9. The van der Waals surface area contributed by atoms with Crippen molar-refractivity contribution < 1.29 is 33.9 Å². The number of unbranched alkanes of at least 4 members (excludes halogenated alkanes) is 1. The molecule has 0 saturated heterocycles. The summed E-state index contributed by atoms with van der Waals surface area (Å²) in [6.07, 6.45) is 3.16. The molecule has 13 N–H and O–H groups in total. The summed E-state index contributed by atoms with van der Waals surface area (Å²) in [6.45, 7) is 0.354. The van der Waals surface area contributed by atoms with E-state index < -0.39 is 59.7 Å². The first kappa shape index (κ1) is 32.0. The number of aromatic nitrogens is 2. The lowest BCUT2D eigenvalue weighted by Gasteiger charge is -2.25. The van der Waals surface area contributed by atoms with Crippen LogP contribution in [-0.4, -0.2) is 81.3 Å². The van der Waals surface area contributed by atoms with Crippen LogP contribution in [0.25, 0.3) is 0 Å². The number of hydrogen-bond donors (Lipinski definition) is 9. The van der Waals surface area contributed by atoms with Crippen LogP contribution < -0.4 is 38.9 Å². The van der Waals surface area contributed by atoms with E-state index in [4.69, 9.17) is 22.9 Å². The molecule has 0 aliphatic carbocycles. The number of carbonyl (C=O) groups excluding carboxylic acids is 5. The Kier molecular flexibility index (Phi) is 14.0. The molecule has 0 fully saturated rings. The number of imidazole rings is 1. The number of carboxylic acid groups (broad SMARTS) is 1. The highest BCUT2D eigenvalue weighted by Gasteiger charge is 2.30. The summed E-state index contributed by atoms with van der Waals surface area (Å²) in [6, 6.07) is -4.94. The number of H-pyrrole nitrogens is 1. The zero-order valence-electron chi connectivity index (χ0n) is 21.0. The predicted octanol–water partition coefficient (Wildman–Crippen LogP) is -3.52. The molecule has 16 nitrogen and oxygen atoms in total. The predicted molar refractivity (Wildman–Crippen MR) is 133 cm³/mol. The molecule has 212 valence electrons. The summed E-state index contributed by atoms with van der Waals surface area (Å²) < 4.78 is 0. The van der Waals surface area contributed by atoms with Crippen LogP contribution in [0.15, 0.2) is 12.5 Å². The quantitative estimate of drug-likeness (QED) is 0.0780. The maximum atomic E-state index is 13.1. The van der Waals surface area contributed by atoms with Gasteiger partial charge in [-0.25, -0.2) is 9.78 Å². The third-order valence-electron chi connectivity index (χ3n) is 5.52. The Morgan fingerprint density at radius 2 is 1.37 bits per heavy atom. The number of carboxylic acids is 1. The van der Waals surface area contributed by atoms with E-state index in [1.54, 1.807) is 0 Å². The minimum absolute atomic E-state index is 0.133.